The third-order valence-electron chi connectivity index (χ3n) is 2.97. The van der Waals surface area contributed by atoms with Crippen molar-refractivity contribution < 1.29 is 4.74 Å². The molecule has 5 heteroatoms. The summed E-state index contributed by atoms with van der Waals surface area (Å²) in [5.41, 5.74) is 3.30. The quantitative estimate of drug-likeness (QED) is 0.917. The third-order valence-corrected chi connectivity index (χ3v) is 3.43. The van der Waals surface area contributed by atoms with Gasteiger partial charge in [0.25, 0.3) is 0 Å². The maximum absolute atomic E-state index is 5.25. The summed E-state index contributed by atoms with van der Waals surface area (Å²) >= 11 is 3.47. The van der Waals surface area contributed by atoms with Crippen LogP contribution in [0, 0.1) is 0 Å². The summed E-state index contributed by atoms with van der Waals surface area (Å²) in [5.74, 6) is 0.830. The van der Waals surface area contributed by atoms with Crippen LogP contribution in [0.2, 0.25) is 0 Å². The predicted molar refractivity (Wildman–Crippen MR) is 80.6 cm³/mol. The van der Waals surface area contributed by atoms with Gasteiger partial charge in [-0.25, -0.2) is 0 Å². The first-order valence-corrected chi connectivity index (χ1v) is 7.02. The van der Waals surface area contributed by atoms with Gasteiger partial charge >= 0.3 is 0 Å². The van der Waals surface area contributed by atoms with Gasteiger partial charge in [0.1, 0.15) is 5.75 Å². The summed E-state index contributed by atoms with van der Waals surface area (Å²) in [5, 5.41) is 7.82. The Hall–Kier alpha value is -1.49. The first kappa shape index (κ1) is 13.9. The fourth-order valence-corrected chi connectivity index (χ4v) is 2.36. The molecule has 0 atom stereocenters. The van der Waals surface area contributed by atoms with Crippen molar-refractivity contribution in [2.24, 2.45) is 7.05 Å². The molecule has 0 spiro atoms. The number of hydrogen-bond donors (Lipinski definition) is 1. The fraction of sp³-hybridized carbons (Fsp3) is 0.357. The van der Waals surface area contributed by atoms with Gasteiger partial charge in [-0.2, -0.15) is 5.10 Å². The molecule has 0 fully saturated rings. The lowest BCUT2D eigenvalue weighted by Crippen LogP contribution is -2.05. The van der Waals surface area contributed by atoms with Crippen molar-refractivity contribution in [1.29, 1.82) is 0 Å². The molecule has 1 aromatic heterocycles. The molecular formula is C14H18BrN3O. The lowest BCUT2D eigenvalue weighted by atomic mass is 10.2. The molecule has 0 radical (unpaired) electrons. The predicted octanol–water partition coefficient (Wildman–Crippen LogP) is 3.37. The van der Waals surface area contributed by atoms with Gasteiger partial charge in [-0.05, 0) is 24.6 Å². The van der Waals surface area contributed by atoms with Gasteiger partial charge in [0.15, 0.2) is 0 Å². The molecule has 0 bridgehead atoms. The van der Waals surface area contributed by atoms with Crippen LogP contribution in [-0.4, -0.2) is 16.9 Å². The van der Waals surface area contributed by atoms with Gasteiger partial charge in [-0.1, -0.05) is 22.9 Å². The van der Waals surface area contributed by atoms with E-state index in [0.29, 0.717) is 0 Å². The van der Waals surface area contributed by atoms with Crippen LogP contribution in [0.5, 0.6) is 5.75 Å². The molecule has 0 aliphatic carbocycles. The Morgan fingerprint density at radius 3 is 2.74 bits per heavy atom. The van der Waals surface area contributed by atoms with Gasteiger partial charge < -0.3 is 10.1 Å². The monoisotopic (exact) mass is 323 g/mol. The average molecular weight is 324 g/mol. The van der Waals surface area contributed by atoms with Gasteiger partial charge in [-0.3, -0.25) is 4.68 Å². The van der Waals surface area contributed by atoms with E-state index >= 15 is 0 Å². The Morgan fingerprint density at radius 1 is 1.32 bits per heavy atom. The second-order valence-electron chi connectivity index (χ2n) is 4.34. The minimum absolute atomic E-state index is 0.739. The minimum Gasteiger partial charge on any atom is -0.497 e. The van der Waals surface area contributed by atoms with Gasteiger partial charge in [-0.15, -0.1) is 0 Å². The Labute approximate surface area is 121 Å². The van der Waals surface area contributed by atoms with E-state index in [-0.39, 0.29) is 0 Å². The fourth-order valence-electron chi connectivity index (χ4n) is 1.88. The highest BCUT2D eigenvalue weighted by atomic mass is 79.9. The normalized spacial score (nSPS) is 10.5. The van der Waals surface area contributed by atoms with E-state index in [1.54, 1.807) is 7.11 Å². The van der Waals surface area contributed by atoms with Crippen molar-refractivity contribution in [2.45, 2.75) is 19.9 Å². The van der Waals surface area contributed by atoms with Crippen LogP contribution in [0.3, 0.4) is 0 Å². The van der Waals surface area contributed by atoms with Gasteiger partial charge in [0.2, 0.25) is 0 Å². The van der Waals surface area contributed by atoms with E-state index in [1.165, 1.54) is 0 Å². The molecule has 2 rings (SSSR count). The number of hydrogen-bond acceptors (Lipinski definition) is 3. The molecule has 0 saturated heterocycles. The highest BCUT2D eigenvalue weighted by Crippen LogP contribution is 2.24. The van der Waals surface area contributed by atoms with Crippen LogP contribution < -0.4 is 10.1 Å². The van der Waals surface area contributed by atoms with Gasteiger partial charge in [0, 0.05) is 23.3 Å². The van der Waals surface area contributed by atoms with Crippen molar-refractivity contribution in [2.75, 3.05) is 12.4 Å². The van der Waals surface area contributed by atoms with E-state index < -0.39 is 0 Å². The molecule has 0 saturated carbocycles. The molecule has 0 aliphatic heterocycles. The zero-order valence-electron chi connectivity index (χ0n) is 11.4. The second kappa shape index (κ2) is 6.10. The second-order valence-corrected chi connectivity index (χ2v) is 5.25. The van der Waals surface area contributed by atoms with Crippen molar-refractivity contribution in [3.8, 4) is 5.75 Å². The van der Waals surface area contributed by atoms with Crippen LogP contribution in [-0.2, 0) is 20.0 Å². The molecule has 1 N–H and O–H groups in total. The molecule has 1 aromatic carbocycles. The highest BCUT2D eigenvalue weighted by molar-refractivity contribution is 9.10. The first-order chi connectivity index (χ1) is 9.12. The smallest absolute Gasteiger partial charge is 0.122 e. The van der Waals surface area contributed by atoms with Crippen LogP contribution in [0.15, 0.2) is 28.7 Å². The number of nitrogens with zero attached hydrogens (tertiary/aromatic N) is 2. The van der Waals surface area contributed by atoms with Crippen LogP contribution >= 0.6 is 15.9 Å². The molecule has 0 aliphatic rings. The zero-order chi connectivity index (χ0) is 13.8. The number of anilines is 1. The summed E-state index contributed by atoms with van der Waals surface area (Å²) in [6.45, 7) is 2.85. The number of methoxy groups -OCH3 is 1. The first-order valence-electron chi connectivity index (χ1n) is 6.22. The zero-order valence-corrected chi connectivity index (χ0v) is 13.0. The number of aromatic nitrogens is 2. The van der Waals surface area contributed by atoms with Crippen molar-refractivity contribution >= 4 is 21.6 Å². The van der Waals surface area contributed by atoms with Crippen LogP contribution in [0.1, 0.15) is 18.3 Å². The Morgan fingerprint density at radius 2 is 2.11 bits per heavy atom. The molecule has 19 heavy (non-hydrogen) atoms. The van der Waals surface area contributed by atoms with E-state index in [4.69, 9.17) is 4.74 Å². The largest absolute Gasteiger partial charge is 0.497 e. The van der Waals surface area contributed by atoms with E-state index in [0.717, 1.165) is 40.3 Å². The summed E-state index contributed by atoms with van der Waals surface area (Å²) < 4.78 is 8.16. The maximum Gasteiger partial charge on any atom is 0.122 e. The van der Waals surface area contributed by atoms with Crippen LogP contribution in [0.25, 0.3) is 0 Å². The average Bonchev–Trinajstić information content (AvgIpc) is 2.76. The molecule has 0 amide bonds. The van der Waals surface area contributed by atoms with Crippen molar-refractivity contribution in [3.63, 3.8) is 0 Å². The Balaban J connectivity index is 2.09. The van der Waals surface area contributed by atoms with Gasteiger partial charge in [0.05, 0.1) is 25.0 Å². The number of benzene rings is 1. The van der Waals surface area contributed by atoms with E-state index in [1.807, 2.05) is 29.9 Å². The highest BCUT2D eigenvalue weighted by Gasteiger charge is 2.04. The summed E-state index contributed by atoms with van der Waals surface area (Å²) in [6.07, 6.45) is 0.957. The Kier molecular flexibility index (Phi) is 4.47. The van der Waals surface area contributed by atoms with E-state index in [9.17, 15) is 0 Å². The van der Waals surface area contributed by atoms with Crippen LogP contribution in [0.4, 0.5) is 5.69 Å². The molecule has 1 heterocycles. The van der Waals surface area contributed by atoms with Crippen molar-refractivity contribution in [1.82, 2.24) is 9.78 Å². The number of rotatable bonds is 5. The summed E-state index contributed by atoms with van der Waals surface area (Å²) in [4.78, 5) is 0. The number of aryl methyl sites for hydroxylation is 2. The number of nitrogens with one attached hydrogen (secondary N) is 1. The Bertz CT molecular complexity index is 566. The lowest BCUT2D eigenvalue weighted by molar-refractivity contribution is 0.414. The molecule has 102 valence electrons. The molecular weight excluding hydrogens is 306 g/mol. The topological polar surface area (TPSA) is 39.1 Å². The molecule has 0 unspecified atom stereocenters. The third kappa shape index (κ3) is 3.50. The number of ether oxygens (including phenoxy) is 1. The lowest BCUT2D eigenvalue weighted by Gasteiger charge is -2.09. The van der Waals surface area contributed by atoms with Crippen molar-refractivity contribution in [3.05, 3.63) is 40.1 Å². The SMILES string of the molecule is CCc1cc(CNc2cc(Br)cc(OC)c2)n(C)n1. The minimum atomic E-state index is 0.739. The summed E-state index contributed by atoms with van der Waals surface area (Å²) in [6, 6.07) is 8.06. The molecule has 4 nitrogen and oxygen atoms in total. The summed E-state index contributed by atoms with van der Waals surface area (Å²) in [7, 11) is 3.64. The van der Waals surface area contributed by atoms with E-state index in [2.05, 4.69) is 39.3 Å². The standard InChI is InChI=1S/C14H18BrN3O/c1-4-11-7-13(18(2)17-11)9-16-12-5-10(15)6-14(8-12)19-3/h5-8,16H,4,9H2,1-3H3. The number of halogens is 1. The maximum atomic E-state index is 5.25. The molecule has 2 aromatic rings.